The summed E-state index contributed by atoms with van der Waals surface area (Å²) in [6.45, 7) is 6.39. The summed E-state index contributed by atoms with van der Waals surface area (Å²) < 4.78 is 1.37. The van der Waals surface area contributed by atoms with Crippen LogP contribution in [-0.4, -0.2) is 15.6 Å². The van der Waals surface area contributed by atoms with Crippen molar-refractivity contribution in [3.05, 3.63) is 57.9 Å². The number of nitrogens with zero attached hydrogens (tertiary/aromatic N) is 1. The van der Waals surface area contributed by atoms with Crippen LogP contribution in [0.15, 0.2) is 41.2 Å². The Morgan fingerprint density at radius 1 is 1.23 bits per heavy atom. The number of amides is 1. The van der Waals surface area contributed by atoms with Crippen LogP contribution >= 0.6 is 0 Å². The highest BCUT2D eigenvalue weighted by Crippen LogP contribution is 2.21. The molecular formula is C21H28N2O3. The second kappa shape index (κ2) is 9.22. The topological polar surface area (TPSA) is 71.3 Å². The Morgan fingerprint density at radius 2 is 1.92 bits per heavy atom. The van der Waals surface area contributed by atoms with E-state index in [2.05, 4.69) is 19.2 Å². The zero-order valence-corrected chi connectivity index (χ0v) is 15.8. The number of nitrogens with one attached hydrogen (secondary N) is 1. The Bertz CT molecular complexity index is 797. The molecule has 0 saturated carbocycles. The zero-order chi connectivity index (χ0) is 19.1. The summed E-state index contributed by atoms with van der Waals surface area (Å²) in [5.74, 6) is -0.0693. The van der Waals surface area contributed by atoms with Gasteiger partial charge in [-0.25, -0.2) is 0 Å². The Kier molecular flexibility index (Phi) is 7.01. The van der Waals surface area contributed by atoms with Crippen molar-refractivity contribution in [2.75, 3.05) is 5.32 Å². The van der Waals surface area contributed by atoms with E-state index < -0.39 is 0 Å². The third-order valence-electron chi connectivity index (χ3n) is 4.73. The molecule has 1 amide bonds. The molecule has 5 heteroatoms. The zero-order valence-electron chi connectivity index (χ0n) is 15.8. The molecule has 0 radical (unpaired) electrons. The van der Waals surface area contributed by atoms with Crippen molar-refractivity contribution in [1.29, 1.82) is 0 Å². The average molecular weight is 356 g/mol. The van der Waals surface area contributed by atoms with Gasteiger partial charge in [0.05, 0.1) is 0 Å². The van der Waals surface area contributed by atoms with Crippen molar-refractivity contribution in [3.63, 3.8) is 0 Å². The Morgan fingerprint density at radius 3 is 2.54 bits per heavy atom. The molecule has 0 aliphatic heterocycles. The van der Waals surface area contributed by atoms with Gasteiger partial charge in [-0.1, -0.05) is 51.3 Å². The molecule has 1 atom stereocenters. The number of anilines is 1. The molecule has 2 rings (SSSR count). The minimum Gasteiger partial charge on any atom is -0.494 e. The van der Waals surface area contributed by atoms with E-state index in [0.29, 0.717) is 23.6 Å². The molecule has 1 aromatic carbocycles. The van der Waals surface area contributed by atoms with Crippen LogP contribution in [0.25, 0.3) is 0 Å². The van der Waals surface area contributed by atoms with Gasteiger partial charge < -0.3 is 10.4 Å². The molecule has 5 nitrogen and oxygen atoms in total. The lowest BCUT2D eigenvalue weighted by Gasteiger charge is -2.19. The number of carbonyl (C=O) groups is 1. The van der Waals surface area contributed by atoms with Crippen LogP contribution in [0, 0.1) is 12.8 Å². The summed E-state index contributed by atoms with van der Waals surface area (Å²) in [7, 11) is 0. The largest absolute Gasteiger partial charge is 0.494 e. The molecule has 2 N–H and O–H groups in total. The molecule has 0 fully saturated rings. The lowest BCUT2D eigenvalue weighted by Crippen LogP contribution is -2.29. The molecule has 0 spiro atoms. The Labute approximate surface area is 154 Å². The molecule has 0 aliphatic rings. The molecule has 1 heterocycles. The van der Waals surface area contributed by atoms with Gasteiger partial charge in [0.15, 0.2) is 5.88 Å². The highest BCUT2D eigenvalue weighted by molar-refractivity contribution is 6.04. The van der Waals surface area contributed by atoms with Crippen LogP contribution in [0.3, 0.4) is 0 Å². The maximum absolute atomic E-state index is 12.9. The SMILES string of the molecule is CCCCC(CC)Cn1c(O)cc(C)c(NC(=O)c2ccccc2)c1=O. The van der Waals surface area contributed by atoms with Gasteiger partial charge in [0, 0.05) is 18.2 Å². The van der Waals surface area contributed by atoms with E-state index in [0.717, 1.165) is 25.7 Å². The summed E-state index contributed by atoms with van der Waals surface area (Å²) in [5.41, 5.74) is 0.902. The predicted octanol–water partition coefficient (Wildman–Crippen LogP) is 4.33. The first-order valence-corrected chi connectivity index (χ1v) is 9.27. The third kappa shape index (κ3) is 4.75. The highest BCUT2D eigenvalue weighted by atomic mass is 16.3. The normalized spacial score (nSPS) is 12.0. The van der Waals surface area contributed by atoms with E-state index in [-0.39, 0.29) is 23.0 Å². The number of hydrogen-bond acceptors (Lipinski definition) is 3. The predicted molar refractivity (Wildman–Crippen MR) is 105 cm³/mol. The number of aryl methyl sites for hydroxylation is 1. The van der Waals surface area contributed by atoms with Gasteiger partial charge in [0.25, 0.3) is 11.5 Å². The fraction of sp³-hybridized carbons (Fsp3) is 0.429. The maximum Gasteiger partial charge on any atom is 0.277 e. The number of rotatable bonds is 8. The van der Waals surface area contributed by atoms with Crippen molar-refractivity contribution >= 4 is 11.6 Å². The third-order valence-corrected chi connectivity index (χ3v) is 4.73. The first kappa shape index (κ1) is 19.8. The summed E-state index contributed by atoms with van der Waals surface area (Å²) in [5, 5.41) is 13.0. The van der Waals surface area contributed by atoms with Crippen LogP contribution in [0.1, 0.15) is 55.5 Å². The standard InChI is InChI=1S/C21H28N2O3/c1-4-6-10-16(5-2)14-23-18(24)13-15(3)19(21(23)26)22-20(25)17-11-8-7-9-12-17/h7-9,11-13,16,24H,4-6,10,14H2,1-3H3,(H,22,25). The van der Waals surface area contributed by atoms with Gasteiger partial charge in [-0.3, -0.25) is 14.2 Å². The minimum absolute atomic E-state index is 0.0554. The van der Waals surface area contributed by atoms with Gasteiger partial charge in [0.2, 0.25) is 0 Å². The van der Waals surface area contributed by atoms with E-state index in [4.69, 9.17) is 0 Å². The second-order valence-electron chi connectivity index (χ2n) is 6.71. The lowest BCUT2D eigenvalue weighted by molar-refractivity contribution is 0.102. The summed E-state index contributed by atoms with van der Waals surface area (Å²) in [6, 6.07) is 10.3. The van der Waals surface area contributed by atoms with E-state index in [1.165, 1.54) is 10.6 Å². The van der Waals surface area contributed by atoms with Gasteiger partial charge >= 0.3 is 0 Å². The van der Waals surface area contributed by atoms with E-state index >= 15 is 0 Å². The first-order chi connectivity index (χ1) is 12.5. The number of pyridine rings is 1. The number of aromatic nitrogens is 1. The van der Waals surface area contributed by atoms with Crippen LogP contribution in [0.5, 0.6) is 5.88 Å². The molecule has 2 aromatic rings. The molecule has 26 heavy (non-hydrogen) atoms. The van der Waals surface area contributed by atoms with Crippen molar-refractivity contribution in [3.8, 4) is 5.88 Å². The molecule has 1 aromatic heterocycles. The van der Waals surface area contributed by atoms with Crippen molar-refractivity contribution in [2.45, 2.75) is 53.0 Å². The maximum atomic E-state index is 12.9. The van der Waals surface area contributed by atoms with Crippen LogP contribution in [0.2, 0.25) is 0 Å². The van der Waals surface area contributed by atoms with Gasteiger partial charge in [-0.05, 0) is 37.0 Å². The molecule has 1 unspecified atom stereocenters. The molecule has 0 aliphatic carbocycles. The highest BCUT2D eigenvalue weighted by Gasteiger charge is 2.17. The minimum atomic E-state index is -0.360. The average Bonchev–Trinajstić information content (AvgIpc) is 2.65. The number of hydrogen-bond donors (Lipinski definition) is 2. The fourth-order valence-corrected chi connectivity index (χ4v) is 3.03. The Hall–Kier alpha value is -2.56. The van der Waals surface area contributed by atoms with E-state index in [1.807, 2.05) is 6.07 Å². The van der Waals surface area contributed by atoms with Crippen molar-refractivity contribution < 1.29 is 9.90 Å². The van der Waals surface area contributed by atoms with Gasteiger partial charge in [-0.15, -0.1) is 0 Å². The van der Waals surface area contributed by atoms with Gasteiger partial charge in [-0.2, -0.15) is 0 Å². The summed E-state index contributed by atoms with van der Waals surface area (Å²) >= 11 is 0. The number of unbranched alkanes of at least 4 members (excludes halogenated alkanes) is 1. The fourth-order valence-electron chi connectivity index (χ4n) is 3.03. The van der Waals surface area contributed by atoms with Crippen molar-refractivity contribution in [2.24, 2.45) is 5.92 Å². The second-order valence-corrected chi connectivity index (χ2v) is 6.71. The number of carbonyl (C=O) groups excluding carboxylic acids is 1. The quantitative estimate of drug-likeness (QED) is 0.739. The summed E-state index contributed by atoms with van der Waals surface area (Å²) in [4.78, 5) is 25.3. The lowest BCUT2D eigenvalue weighted by atomic mass is 9.99. The number of aromatic hydroxyl groups is 1. The van der Waals surface area contributed by atoms with Crippen molar-refractivity contribution in [1.82, 2.24) is 4.57 Å². The first-order valence-electron chi connectivity index (χ1n) is 9.27. The molecule has 140 valence electrons. The van der Waals surface area contributed by atoms with E-state index in [1.54, 1.807) is 31.2 Å². The van der Waals surface area contributed by atoms with E-state index in [9.17, 15) is 14.7 Å². The molecular weight excluding hydrogens is 328 g/mol. The van der Waals surface area contributed by atoms with Crippen LogP contribution in [-0.2, 0) is 6.54 Å². The molecule has 0 saturated heterocycles. The van der Waals surface area contributed by atoms with Gasteiger partial charge in [0.1, 0.15) is 5.69 Å². The van der Waals surface area contributed by atoms with Crippen LogP contribution in [0.4, 0.5) is 5.69 Å². The van der Waals surface area contributed by atoms with Crippen LogP contribution < -0.4 is 10.9 Å². The Balaban J connectivity index is 2.30. The number of benzene rings is 1. The monoisotopic (exact) mass is 356 g/mol. The molecule has 0 bridgehead atoms. The summed E-state index contributed by atoms with van der Waals surface area (Å²) in [6.07, 6.45) is 4.14. The smallest absolute Gasteiger partial charge is 0.277 e.